The van der Waals surface area contributed by atoms with E-state index in [0.29, 0.717) is 17.2 Å². The highest BCUT2D eigenvalue weighted by Gasteiger charge is 2.30. The van der Waals surface area contributed by atoms with Gasteiger partial charge in [0.25, 0.3) is 5.91 Å². The number of amides is 1. The molecule has 0 spiro atoms. The average molecular weight is 423 g/mol. The largest absolute Gasteiger partial charge is 0.399 e. The van der Waals surface area contributed by atoms with Crippen molar-refractivity contribution in [3.05, 3.63) is 75.8 Å². The molecule has 1 amide bonds. The lowest BCUT2D eigenvalue weighted by atomic mass is 10.1. The molecule has 1 unspecified atom stereocenters. The third kappa shape index (κ3) is 3.54. The molecule has 3 N–H and O–H groups in total. The Kier molecular flexibility index (Phi) is 5.83. The minimum atomic E-state index is -0.694. The zero-order valence-electron chi connectivity index (χ0n) is 15.0. The molecule has 0 bridgehead atoms. The van der Waals surface area contributed by atoms with Gasteiger partial charge in [-0.25, -0.2) is 14.8 Å². The van der Waals surface area contributed by atoms with Gasteiger partial charge in [0.1, 0.15) is 5.82 Å². The summed E-state index contributed by atoms with van der Waals surface area (Å²) >= 11 is 11.9. The molecule has 0 saturated carbocycles. The summed E-state index contributed by atoms with van der Waals surface area (Å²) in [5.41, 5.74) is 10.4. The lowest BCUT2D eigenvalue weighted by Crippen LogP contribution is -2.45. The second kappa shape index (κ2) is 8.14. The molecule has 3 rings (SSSR count). The van der Waals surface area contributed by atoms with Crippen molar-refractivity contribution in [2.24, 2.45) is 5.73 Å². The molecular weight excluding hydrogens is 406 g/mol. The molecule has 2 aromatic rings. The van der Waals surface area contributed by atoms with Gasteiger partial charge in [0.15, 0.2) is 5.82 Å². The predicted molar refractivity (Wildman–Crippen MR) is 106 cm³/mol. The van der Waals surface area contributed by atoms with Crippen molar-refractivity contribution < 1.29 is 9.18 Å². The number of allylic oxidation sites excluding steroid dienone is 1. The van der Waals surface area contributed by atoms with Crippen LogP contribution in [0.5, 0.6) is 0 Å². The van der Waals surface area contributed by atoms with Crippen LogP contribution >= 0.6 is 23.2 Å². The first-order valence-corrected chi connectivity index (χ1v) is 9.00. The quantitative estimate of drug-likeness (QED) is 0.581. The highest BCUT2D eigenvalue weighted by molar-refractivity contribution is 6.44. The van der Waals surface area contributed by atoms with Gasteiger partial charge in [-0.1, -0.05) is 23.2 Å². The summed E-state index contributed by atoms with van der Waals surface area (Å²) in [7, 11) is 1.71. The van der Waals surface area contributed by atoms with Gasteiger partial charge in [-0.05, 0) is 25.1 Å². The summed E-state index contributed by atoms with van der Waals surface area (Å²) in [5, 5.41) is 1.21. The molecular formula is C18H17Cl2FN6O. The zero-order valence-corrected chi connectivity index (χ0v) is 16.5. The third-order valence-electron chi connectivity index (χ3n) is 4.30. The Balaban J connectivity index is 1.93. The number of halogens is 3. The van der Waals surface area contributed by atoms with E-state index in [9.17, 15) is 9.18 Å². The number of benzene rings is 1. The number of hydrogen-bond donors (Lipinski definition) is 2. The number of rotatable bonds is 4. The Morgan fingerprint density at radius 3 is 2.71 bits per heavy atom. The van der Waals surface area contributed by atoms with Crippen LogP contribution in [0.25, 0.3) is 0 Å². The number of carbonyl (C=O) groups excluding carboxylic acids is 1. The van der Waals surface area contributed by atoms with Gasteiger partial charge in [0.2, 0.25) is 0 Å². The monoisotopic (exact) mass is 422 g/mol. The minimum Gasteiger partial charge on any atom is -0.399 e. The Morgan fingerprint density at radius 1 is 1.32 bits per heavy atom. The summed E-state index contributed by atoms with van der Waals surface area (Å²) in [6.07, 6.45) is 7.94. The predicted octanol–water partition coefficient (Wildman–Crippen LogP) is 3.09. The summed E-state index contributed by atoms with van der Waals surface area (Å²) in [4.78, 5) is 22.6. The lowest BCUT2D eigenvalue weighted by molar-refractivity contribution is 0.0791. The molecule has 2 heterocycles. The molecule has 146 valence electrons. The molecule has 28 heavy (non-hydrogen) atoms. The number of nitrogens with two attached hydrogens (primary N) is 1. The number of carbonyl (C=O) groups is 1. The van der Waals surface area contributed by atoms with Crippen LogP contribution in [0, 0.1) is 5.82 Å². The van der Waals surface area contributed by atoms with E-state index >= 15 is 0 Å². The minimum absolute atomic E-state index is 0.0835. The normalized spacial score (nSPS) is 16.5. The Hall–Kier alpha value is -2.68. The molecule has 10 heteroatoms. The van der Waals surface area contributed by atoms with E-state index in [1.807, 2.05) is 0 Å². The van der Waals surface area contributed by atoms with Crippen LogP contribution in [0.4, 0.5) is 10.2 Å². The maximum atomic E-state index is 13.5. The molecule has 0 aliphatic carbocycles. The standard InChI is InChI=1S/C18H17Cl2FN6O/c1-10-17(22)13(27(23-2)14-9-24-6-7-25-14)5-8-26(10)18(28)11-3-4-12(21)16(20)15(11)19/h3-10,23H,22H2,1-2H3. The number of hydrazine groups is 1. The first-order chi connectivity index (χ1) is 13.4. The second-order valence-electron chi connectivity index (χ2n) is 5.89. The molecule has 1 aromatic carbocycles. The van der Waals surface area contributed by atoms with Gasteiger partial charge in [0, 0.05) is 25.6 Å². The fourth-order valence-corrected chi connectivity index (χ4v) is 3.18. The number of hydrogen-bond acceptors (Lipinski definition) is 6. The van der Waals surface area contributed by atoms with Crippen molar-refractivity contribution in [2.45, 2.75) is 13.0 Å². The summed E-state index contributed by atoms with van der Waals surface area (Å²) in [6.45, 7) is 1.76. The molecule has 1 aliphatic heterocycles. The number of nitrogens with one attached hydrogen (secondary N) is 1. The van der Waals surface area contributed by atoms with Gasteiger partial charge >= 0.3 is 0 Å². The maximum absolute atomic E-state index is 13.5. The summed E-state index contributed by atoms with van der Waals surface area (Å²) in [5.74, 6) is -0.609. The van der Waals surface area contributed by atoms with Crippen LogP contribution in [-0.2, 0) is 0 Å². The fraction of sp³-hybridized carbons (Fsp3) is 0.167. The molecule has 0 saturated heterocycles. The first kappa shape index (κ1) is 20.1. The molecule has 0 fully saturated rings. The van der Waals surface area contributed by atoms with Crippen LogP contribution in [-0.4, -0.2) is 33.9 Å². The van der Waals surface area contributed by atoms with Gasteiger partial charge < -0.3 is 10.6 Å². The van der Waals surface area contributed by atoms with E-state index in [2.05, 4.69) is 15.4 Å². The number of anilines is 1. The van der Waals surface area contributed by atoms with Crippen molar-refractivity contribution >= 4 is 34.9 Å². The molecule has 1 aromatic heterocycles. The summed E-state index contributed by atoms with van der Waals surface area (Å²) in [6, 6.07) is 1.89. The zero-order chi connectivity index (χ0) is 20.4. The third-order valence-corrected chi connectivity index (χ3v) is 5.16. The van der Waals surface area contributed by atoms with Crippen molar-refractivity contribution in [3.8, 4) is 0 Å². The van der Waals surface area contributed by atoms with Crippen molar-refractivity contribution in [1.29, 1.82) is 0 Å². The van der Waals surface area contributed by atoms with Crippen LogP contribution in [0.1, 0.15) is 17.3 Å². The number of aromatic nitrogens is 2. The van der Waals surface area contributed by atoms with E-state index in [-0.39, 0.29) is 15.6 Å². The maximum Gasteiger partial charge on any atom is 0.259 e. The van der Waals surface area contributed by atoms with E-state index in [0.717, 1.165) is 6.07 Å². The fourth-order valence-electron chi connectivity index (χ4n) is 2.78. The van der Waals surface area contributed by atoms with Crippen LogP contribution in [0.3, 0.4) is 0 Å². The SMILES string of the molecule is CNN(C1=C(N)C(C)N(C(=O)c2ccc(F)c(Cl)c2Cl)C=C1)c1cnccn1. The Labute approximate surface area is 171 Å². The molecule has 1 aliphatic rings. The van der Waals surface area contributed by atoms with Crippen LogP contribution in [0.2, 0.25) is 10.0 Å². The smallest absolute Gasteiger partial charge is 0.259 e. The van der Waals surface area contributed by atoms with E-state index in [4.69, 9.17) is 28.9 Å². The first-order valence-electron chi connectivity index (χ1n) is 8.24. The van der Waals surface area contributed by atoms with Crippen LogP contribution < -0.4 is 16.2 Å². The highest BCUT2D eigenvalue weighted by atomic mass is 35.5. The second-order valence-corrected chi connectivity index (χ2v) is 6.65. The van der Waals surface area contributed by atoms with Crippen molar-refractivity contribution in [1.82, 2.24) is 20.3 Å². The van der Waals surface area contributed by atoms with Gasteiger partial charge in [0.05, 0.1) is 39.2 Å². The highest BCUT2D eigenvalue weighted by Crippen LogP contribution is 2.31. The Morgan fingerprint density at radius 2 is 2.07 bits per heavy atom. The lowest BCUT2D eigenvalue weighted by Gasteiger charge is -2.34. The van der Waals surface area contributed by atoms with E-state index in [1.54, 1.807) is 49.8 Å². The molecule has 0 radical (unpaired) electrons. The summed E-state index contributed by atoms with van der Waals surface area (Å²) < 4.78 is 13.5. The van der Waals surface area contributed by atoms with E-state index < -0.39 is 17.8 Å². The van der Waals surface area contributed by atoms with Gasteiger partial charge in [-0.2, -0.15) is 0 Å². The molecule has 7 nitrogen and oxygen atoms in total. The Bertz CT molecular complexity index is 966. The average Bonchev–Trinajstić information content (AvgIpc) is 2.70. The van der Waals surface area contributed by atoms with Gasteiger partial charge in [-0.15, -0.1) is 0 Å². The molecule has 1 atom stereocenters. The number of nitrogens with zero attached hydrogens (tertiary/aromatic N) is 4. The van der Waals surface area contributed by atoms with Crippen molar-refractivity contribution in [3.63, 3.8) is 0 Å². The van der Waals surface area contributed by atoms with E-state index in [1.165, 1.54) is 11.0 Å². The van der Waals surface area contributed by atoms with Crippen LogP contribution in [0.15, 0.2) is 54.4 Å². The topological polar surface area (TPSA) is 87.4 Å². The van der Waals surface area contributed by atoms with Crippen molar-refractivity contribution in [2.75, 3.05) is 12.1 Å². The van der Waals surface area contributed by atoms with Gasteiger partial charge in [-0.3, -0.25) is 14.8 Å².